The largest absolute Gasteiger partial charge is 0.451 e. The Hall–Kier alpha value is -3.26. The van der Waals surface area contributed by atoms with E-state index in [4.69, 9.17) is 4.74 Å². The fraction of sp³-hybridized carbons (Fsp3) is 0.238. The summed E-state index contributed by atoms with van der Waals surface area (Å²) in [5, 5.41) is 4.92. The molecule has 2 aromatic heterocycles. The number of anilines is 1. The number of Topliss-reactive ketones (excluding diaryl/α,β-unsaturated/α-hetero) is 1. The van der Waals surface area contributed by atoms with Gasteiger partial charge < -0.3 is 9.30 Å². The average Bonchev–Trinajstić information content (AvgIpc) is 3.33. The number of aromatic nitrogens is 2. The van der Waals surface area contributed by atoms with Crippen molar-refractivity contribution in [2.75, 3.05) is 11.9 Å². The summed E-state index contributed by atoms with van der Waals surface area (Å²) in [5.74, 6) is -1.31. The molecule has 0 saturated heterocycles. The van der Waals surface area contributed by atoms with Crippen molar-refractivity contribution in [3.05, 3.63) is 58.7 Å². The van der Waals surface area contributed by atoms with Crippen LogP contribution in [0.4, 0.5) is 5.13 Å². The summed E-state index contributed by atoms with van der Waals surface area (Å²) in [6, 6.07) is 9.54. The van der Waals surface area contributed by atoms with Crippen LogP contribution in [0.2, 0.25) is 0 Å². The Morgan fingerprint density at radius 2 is 1.93 bits per heavy atom. The zero-order chi connectivity index (χ0) is 21.0. The van der Waals surface area contributed by atoms with Crippen molar-refractivity contribution in [3.63, 3.8) is 0 Å². The van der Waals surface area contributed by atoms with Gasteiger partial charge in [0.15, 0.2) is 17.5 Å². The Morgan fingerprint density at radius 3 is 2.55 bits per heavy atom. The van der Waals surface area contributed by atoms with Gasteiger partial charge >= 0.3 is 5.97 Å². The molecule has 0 bridgehead atoms. The van der Waals surface area contributed by atoms with Crippen LogP contribution in [-0.4, -0.2) is 33.8 Å². The lowest BCUT2D eigenvalue weighted by atomic mass is 10.1. The SMILES string of the molecule is CCc1ccc(-c2csc(NC(=O)COC(=O)c3cc(C(C)=O)cn3C)n2)cc1. The van der Waals surface area contributed by atoms with Crippen molar-refractivity contribution < 1.29 is 19.1 Å². The van der Waals surface area contributed by atoms with Gasteiger partial charge in [0.25, 0.3) is 5.91 Å². The zero-order valence-corrected chi connectivity index (χ0v) is 17.2. The smallest absolute Gasteiger partial charge is 0.355 e. The van der Waals surface area contributed by atoms with Crippen molar-refractivity contribution in [2.24, 2.45) is 7.05 Å². The maximum Gasteiger partial charge on any atom is 0.355 e. The predicted octanol–water partition coefficient (Wildman–Crippen LogP) is 3.71. The van der Waals surface area contributed by atoms with Gasteiger partial charge in [-0.25, -0.2) is 9.78 Å². The first-order valence-electron chi connectivity index (χ1n) is 9.06. The number of benzene rings is 1. The number of amides is 1. The quantitative estimate of drug-likeness (QED) is 0.473. The Balaban J connectivity index is 1.56. The van der Waals surface area contributed by atoms with Crippen LogP contribution in [0.25, 0.3) is 11.3 Å². The molecule has 8 heteroatoms. The van der Waals surface area contributed by atoms with Crippen LogP contribution in [0.1, 0.15) is 40.3 Å². The third-order valence-corrected chi connectivity index (χ3v) is 5.12. The van der Waals surface area contributed by atoms with Crippen LogP contribution in [0.5, 0.6) is 0 Å². The van der Waals surface area contributed by atoms with E-state index in [9.17, 15) is 14.4 Å². The summed E-state index contributed by atoms with van der Waals surface area (Å²) in [6.45, 7) is 3.07. The predicted molar refractivity (Wildman–Crippen MR) is 111 cm³/mol. The standard InChI is InChI=1S/C21H21N3O4S/c1-4-14-5-7-15(8-6-14)17-12-29-21(22-17)23-19(26)11-28-20(27)18-9-16(13(2)25)10-24(18)3/h5-10,12H,4,11H2,1-3H3,(H,22,23,26). The Kier molecular flexibility index (Phi) is 6.23. The minimum atomic E-state index is -0.675. The molecule has 0 unspecified atom stereocenters. The first kappa shape index (κ1) is 20.5. The highest BCUT2D eigenvalue weighted by atomic mass is 32.1. The molecule has 1 aromatic carbocycles. The third kappa shape index (κ3) is 4.97. The van der Waals surface area contributed by atoms with E-state index in [0.717, 1.165) is 17.7 Å². The molecule has 0 fully saturated rings. The first-order valence-corrected chi connectivity index (χ1v) is 9.94. The van der Waals surface area contributed by atoms with Crippen molar-refractivity contribution in [2.45, 2.75) is 20.3 Å². The zero-order valence-electron chi connectivity index (χ0n) is 16.4. The number of hydrogen-bond donors (Lipinski definition) is 1. The van der Waals surface area contributed by atoms with Crippen LogP contribution >= 0.6 is 11.3 Å². The first-order chi connectivity index (χ1) is 13.9. The summed E-state index contributed by atoms with van der Waals surface area (Å²) >= 11 is 1.30. The van der Waals surface area contributed by atoms with Crippen molar-refractivity contribution in [1.29, 1.82) is 0 Å². The lowest BCUT2D eigenvalue weighted by Crippen LogP contribution is -2.21. The number of carbonyl (C=O) groups excluding carboxylic acids is 3. The Bertz CT molecular complexity index is 1050. The third-order valence-electron chi connectivity index (χ3n) is 4.36. The van der Waals surface area contributed by atoms with E-state index in [1.54, 1.807) is 13.2 Å². The summed E-state index contributed by atoms with van der Waals surface area (Å²) in [7, 11) is 1.63. The van der Waals surface area contributed by atoms with E-state index in [-0.39, 0.29) is 11.5 Å². The van der Waals surface area contributed by atoms with E-state index >= 15 is 0 Å². The molecule has 0 aliphatic heterocycles. The molecule has 0 saturated carbocycles. The van der Waals surface area contributed by atoms with Gasteiger partial charge in [0.2, 0.25) is 0 Å². The summed E-state index contributed by atoms with van der Waals surface area (Å²) in [6.07, 6.45) is 2.51. The number of nitrogens with one attached hydrogen (secondary N) is 1. The number of esters is 1. The number of hydrogen-bond acceptors (Lipinski definition) is 6. The van der Waals surface area contributed by atoms with E-state index < -0.39 is 18.5 Å². The second-order valence-electron chi connectivity index (χ2n) is 6.49. The van der Waals surface area contributed by atoms with Crippen LogP contribution in [0.3, 0.4) is 0 Å². The highest BCUT2D eigenvalue weighted by molar-refractivity contribution is 7.14. The maximum atomic E-state index is 12.2. The van der Waals surface area contributed by atoms with Crippen molar-refractivity contribution in [1.82, 2.24) is 9.55 Å². The number of thiazole rings is 1. The van der Waals surface area contributed by atoms with Gasteiger partial charge in [0, 0.05) is 29.8 Å². The number of ether oxygens (including phenoxy) is 1. The molecule has 2 heterocycles. The Morgan fingerprint density at radius 1 is 1.21 bits per heavy atom. The van der Waals surface area contributed by atoms with Crippen molar-refractivity contribution in [3.8, 4) is 11.3 Å². The van der Waals surface area contributed by atoms with Gasteiger partial charge in [0.05, 0.1) is 5.69 Å². The molecule has 3 rings (SSSR count). The van der Waals surface area contributed by atoms with Crippen LogP contribution in [-0.2, 0) is 23.0 Å². The van der Waals surface area contributed by atoms with Gasteiger partial charge in [-0.2, -0.15) is 0 Å². The molecule has 150 valence electrons. The second kappa shape index (κ2) is 8.83. The number of carbonyl (C=O) groups is 3. The minimum absolute atomic E-state index is 0.152. The van der Waals surface area contributed by atoms with E-state index in [0.29, 0.717) is 10.7 Å². The highest BCUT2D eigenvalue weighted by Gasteiger charge is 2.17. The molecule has 0 aliphatic rings. The van der Waals surface area contributed by atoms with E-state index in [1.165, 1.54) is 34.5 Å². The fourth-order valence-corrected chi connectivity index (χ4v) is 3.43. The highest BCUT2D eigenvalue weighted by Crippen LogP contribution is 2.25. The maximum absolute atomic E-state index is 12.2. The molecule has 0 spiro atoms. The van der Waals surface area contributed by atoms with Crippen LogP contribution in [0.15, 0.2) is 41.9 Å². The average molecular weight is 411 g/mol. The molecule has 1 N–H and O–H groups in total. The lowest BCUT2D eigenvalue weighted by molar-refractivity contribution is -0.119. The number of rotatable bonds is 7. The molecule has 0 aliphatic carbocycles. The molecule has 0 radical (unpaired) electrons. The minimum Gasteiger partial charge on any atom is -0.451 e. The topological polar surface area (TPSA) is 90.3 Å². The summed E-state index contributed by atoms with van der Waals surface area (Å²) < 4.78 is 6.54. The van der Waals surface area contributed by atoms with Crippen LogP contribution in [0, 0.1) is 0 Å². The number of ketones is 1. The number of nitrogens with zero attached hydrogens (tertiary/aromatic N) is 2. The van der Waals surface area contributed by atoms with E-state index in [1.807, 2.05) is 29.6 Å². The normalized spacial score (nSPS) is 10.6. The molecule has 29 heavy (non-hydrogen) atoms. The van der Waals surface area contributed by atoms with Gasteiger partial charge in [-0.15, -0.1) is 11.3 Å². The molecular formula is C21H21N3O4S. The van der Waals surface area contributed by atoms with Gasteiger partial charge in [-0.1, -0.05) is 31.2 Å². The van der Waals surface area contributed by atoms with Gasteiger partial charge in [0.1, 0.15) is 5.69 Å². The fourth-order valence-electron chi connectivity index (χ4n) is 2.70. The molecule has 1 amide bonds. The van der Waals surface area contributed by atoms with Crippen molar-refractivity contribution >= 4 is 34.1 Å². The molecule has 7 nitrogen and oxygen atoms in total. The van der Waals surface area contributed by atoms with Gasteiger partial charge in [-0.05, 0) is 25.0 Å². The summed E-state index contributed by atoms with van der Waals surface area (Å²) in [4.78, 5) is 40.1. The molecule has 0 atom stereocenters. The Labute approximate surface area is 172 Å². The lowest BCUT2D eigenvalue weighted by Gasteiger charge is -2.05. The van der Waals surface area contributed by atoms with E-state index in [2.05, 4.69) is 17.2 Å². The monoisotopic (exact) mass is 411 g/mol. The van der Waals surface area contributed by atoms with Gasteiger partial charge in [-0.3, -0.25) is 14.9 Å². The summed E-state index contributed by atoms with van der Waals surface area (Å²) in [5.41, 5.74) is 3.59. The molecule has 3 aromatic rings. The van der Waals surface area contributed by atoms with Crippen LogP contribution < -0.4 is 5.32 Å². The molecular weight excluding hydrogens is 390 g/mol. The number of aryl methyl sites for hydroxylation is 2. The second-order valence-corrected chi connectivity index (χ2v) is 7.35.